The van der Waals surface area contributed by atoms with E-state index in [1.165, 1.54) is 4.90 Å². The molecule has 2 aliphatic rings. The van der Waals surface area contributed by atoms with Crippen molar-refractivity contribution in [1.82, 2.24) is 19.8 Å². The monoisotopic (exact) mass is 392 g/mol. The number of carbonyl (C=O) groups excluding carboxylic acids is 1. The van der Waals surface area contributed by atoms with E-state index in [-0.39, 0.29) is 18.3 Å². The Bertz CT molecular complexity index is 931. The summed E-state index contributed by atoms with van der Waals surface area (Å²) in [7, 11) is 0. The molecule has 2 aromatic rings. The molecule has 150 valence electrons. The summed E-state index contributed by atoms with van der Waals surface area (Å²) in [6.45, 7) is -0.669. The number of aromatic nitrogens is 2. The fourth-order valence-electron chi connectivity index (χ4n) is 4.71. The standard InChI is InChI=1S/C19H22F2N4O3/c1-11(15-23-13-6-2-3-7-14(13)25(15)17(20)21)22-18(28)24-9-12-5-4-8-19(12,10-24)16(26)27/h2-3,6-7,11-12,17H,4-5,8-10H2,1H3,(H,22,28)(H,26,27)/t11?,12-,19+/m0/s1. The van der Waals surface area contributed by atoms with Crippen LogP contribution in [0.2, 0.25) is 0 Å². The fourth-order valence-corrected chi connectivity index (χ4v) is 4.71. The highest BCUT2D eigenvalue weighted by atomic mass is 19.3. The minimum Gasteiger partial charge on any atom is -0.481 e. The van der Waals surface area contributed by atoms with E-state index in [9.17, 15) is 23.5 Å². The van der Waals surface area contributed by atoms with Gasteiger partial charge in [0, 0.05) is 13.1 Å². The summed E-state index contributed by atoms with van der Waals surface area (Å²) in [4.78, 5) is 30.3. The number of hydrogen-bond acceptors (Lipinski definition) is 3. The predicted octanol–water partition coefficient (Wildman–Crippen LogP) is 3.39. The first kappa shape index (κ1) is 18.6. The number of para-hydroxylation sites is 2. The SMILES string of the molecule is CC(NC(=O)N1C[C@@H]2CCC[C@@]2(C(=O)O)C1)c1nc2ccccc2n1C(F)F. The minimum absolute atomic E-state index is 0.0586. The fraction of sp³-hybridized carbons (Fsp3) is 0.526. The lowest BCUT2D eigenvalue weighted by molar-refractivity contribution is -0.149. The van der Waals surface area contributed by atoms with Crippen LogP contribution in [0.5, 0.6) is 0 Å². The van der Waals surface area contributed by atoms with Crippen LogP contribution in [0.25, 0.3) is 11.0 Å². The van der Waals surface area contributed by atoms with E-state index in [2.05, 4.69) is 10.3 Å². The summed E-state index contributed by atoms with van der Waals surface area (Å²) in [5, 5.41) is 12.4. The van der Waals surface area contributed by atoms with E-state index in [0.29, 0.717) is 24.0 Å². The molecule has 9 heteroatoms. The third-order valence-electron chi connectivity index (χ3n) is 6.13. The van der Waals surface area contributed by atoms with Crippen LogP contribution in [0.3, 0.4) is 0 Å². The van der Waals surface area contributed by atoms with E-state index >= 15 is 0 Å². The average Bonchev–Trinajstić information content (AvgIpc) is 3.31. The third kappa shape index (κ3) is 2.80. The Morgan fingerprint density at radius 2 is 2.11 bits per heavy atom. The molecular formula is C19H22F2N4O3. The van der Waals surface area contributed by atoms with Crippen LogP contribution in [0.15, 0.2) is 24.3 Å². The normalized spacial score (nSPS) is 25.3. The summed E-state index contributed by atoms with van der Waals surface area (Å²) < 4.78 is 28.1. The Morgan fingerprint density at radius 3 is 2.79 bits per heavy atom. The molecule has 2 fully saturated rings. The van der Waals surface area contributed by atoms with Crippen molar-refractivity contribution in [3.05, 3.63) is 30.1 Å². The van der Waals surface area contributed by atoms with E-state index < -0.39 is 30.0 Å². The number of nitrogens with one attached hydrogen (secondary N) is 1. The van der Waals surface area contributed by atoms with Gasteiger partial charge in [-0.05, 0) is 37.8 Å². The number of imidazole rings is 1. The molecule has 2 N–H and O–H groups in total. The molecule has 4 rings (SSSR count). The van der Waals surface area contributed by atoms with Crippen LogP contribution >= 0.6 is 0 Å². The van der Waals surface area contributed by atoms with Crippen molar-refractivity contribution in [2.45, 2.75) is 38.8 Å². The molecule has 2 heterocycles. The zero-order valence-electron chi connectivity index (χ0n) is 15.4. The molecule has 2 amide bonds. The van der Waals surface area contributed by atoms with E-state index in [1.807, 2.05) is 0 Å². The quantitative estimate of drug-likeness (QED) is 0.835. The number of nitrogens with zero attached hydrogens (tertiary/aromatic N) is 3. The maximum atomic E-state index is 13.6. The molecule has 7 nitrogen and oxygen atoms in total. The van der Waals surface area contributed by atoms with Gasteiger partial charge in [0.05, 0.1) is 22.5 Å². The maximum Gasteiger partial charge on any atom is 0.320 e. The molecule has 1 aromatic heterocycles. The number of rotatable bonds is 4. The van der Waals surface area contributed by atoms with Crippen LogP contribution in [-0.4, -0.2) is 44.6 Å². The molecule has 1 aliphatic heterocycles. The summed E-state index contributed by atoms with van der Waals surface area (Å²) in [6, 6.07) is 5.37. The lowest BCUT2D eigenvalue weighted by atomic mass is 9.81. The summed E-state index contributed by atoms with van der Waals surface area (Å²) in [5.41, 5.74) is -0.148. The Morgan fingerprint density at radius 1 is 1.36 bits per heavy atom. The lowest BCUT2D eigenvalue weighted by Crippen LogP contribution is -2.42. The number of likely N-dealkylation sites (tertiary alicyclic amines) is 1. The van der Waals surface area contributed by atoms with Gasteiger partial charge >= 0.3 is 18.5 Å². The van der Waals surface area contributed by atoms with Crippen molar-refractivity contribution in [3.8, 4) is 0 Å². The molecule has 0 bridgehead atoms. The predicted molar refractivity (Wildman–Crippen MR) is 96.9 cm³/mol. The van der Waals surface area contributed by atoms with Crippen LogP contribution in [0, 0.1) is 11.3 Å². The van der Waals surface area contributed by atoms with E-state index in [0.717, 1.165) is 17.4 Å². The van der Waals surface area contributed by atoms with Crippen molar-refractivity contribution in [2.24, 2.45) is 11.3 Å². The molecule has 1 unspecified atom stereocenters. The minimum atomic E-state index is -2.79. The molecular weight excluding hydrogens is 370 g/mol. The van der Waals surface area contributed by atoms with Gasteiger partial charge in [-0.25, -0.2) is 9.78 Å². The van der Waals surface area contributed by atoms with Crippen molar-refractivity contribution in [2.75, 3.05) is 13.1 Å². The zero-order valence-corrected chi connectivity index (χ0v) is 15.4. The Balaban J connectivity index is 1.54. The molecule has 1 aliphatic carbocycles. The summed E-state index contributed by atoms with van der Waals surface area (Å²) in [5.74, 6) is -0.855. The number of alkyl halides is 2. The number of benzene rings is 1. The molecule has 0 radical (unpaired) electrons. The highest BCUT2D eigenvalue weighted by molar-refractivity contribution is 5.81. The highest BCUT2D eigenvalue weighted by Crippen LogP contribution is 2.48. The van der Waals surface area contributed by atoms with Crippen molar-refractivity contribution in [1.29, 1.82) is 0 Å². The van der Waals surface area contributed by atoms with Crippen LogP contribution in [-0.2, 0) is 4.79 Å². The molecule has 1 saturated carbocycles. The van der Waals surface area contributed by atoms with Gasteiger partial charge in [0.15, 0.2) is 0 Å². The topological polar surface area (TPSA) is 87.5 Å². The molecule has 0 spiro atoms. The van der Waals surface area contributed by atoms with Gasteiger partial charge < -0.3 is 15.3 Å². The number of carboxylic acids is 1. The van der Waals surface area contributed by atoms with Crippen LogP contribution < -0.4 is 5.32 Å². The molecule has 1 aromatic carbocycles. The molecule has 1 saturated heterocycles. The van der Waals surface area contributed by atoms with Gasteiger partial charge in [-0.1, -0.05) is 18.6 Å². The Labute approximate surface area is 160 Å². The van der Waals surface area contributed by atoms with Crippen molar-refractivity contribution in [3.63, 3.8) is 0 Å². The second kappa shape index (κ2) is 6.72. The first-order valence-electron chi connectivity index (χ1n) is 9.37. The maximum absolute atomic E-state index is 13.6. The first-order valence-corrected chi connectivity index (χ1v) is 9.37. The van der Waals surface area contributed by atoms with Crippen LogP contribution in [0.1, 0.15) is 44.6 Å². The van der Waals surface area contributed by atoms with Crippen molar-refractivity contribution >= 4 is 23.0 Å². The Kier molecular flexibility index (Phi) is 4.47. The smallest absolute Gasteiger partial charge is 0.320 e. The lowest BCUT2D eigenvalue weighted by Gasteiger charge is -2.24. The third-order valence-corrected chi connectivity index (χ3v) is 6.13. The number of carboxylic acid groups (broad SMARTS) is 1. The highest BCUT2D eigenvalue weighted by Gasteiger charge is 2.55. The molecule has 28 heavy (non-hydrogen) atoms. The summed E-state index contributed by atoms with van der Waals surface area (Å²) >= 11 is 0. The van der Waals surface area contributed by atoms with Crippen molar-refractivity contribution < 1.29 is 23.5 Å². The van der Waals surface area contributed by atoms with Gasteiger partial charge in [0.25, 0.3) is 0 Å². The number of fused-ring (bicyclic) bond motifs is 2. The number of carbonyl (C=O) groups is 2. The van der Waals surface area contributed by atoms with Gasteiger partial charge in [0.1, 0.15) is 5.82 Å². The van der Waals surface area contributed by atoms with Gasteiger partial charge in [-0.3, -0.25) is 9.36 Å². The van der Waals surface area contributed by atoms with Crippen LogP contribution in [0.4, 0.5) is 13.6 Å². The van der Waals surface area contributed by atoms with Gasteiger partial charge in [-0.2, -0.15) is 8.78 Å². The second-order valence-corrected chi connectivity index (χ2v) is 7.71. The summed E-state index contributed by atoms with van der Waals surface area (Å²) in [6.07, 6.45) is 2.20. The largest absolute Gasteiger partial charge is 0.481 e. The van der Waals surface area contributed by atoms with Gasteiger partial charge in [-0.15, -0.1) is 0 Å². The number of amides is 2. The van der Waals surface area contributed by atoms with E-state index in [1.54, 1.807) is 31.2 Å². The Hall–Kier alpha value is -2.71. The van der Waals surface area contributed by atoms with Gasteiger partial charge in [0.2, 0.25) is 0 Å². The van der Waals surface area contributed by atoms with E-state index in [4.69, 9.17) is 0 Å². The number of urea groups is 1. The second-order valence-electron chi connectivity index (χ2n) is 7.71. The first-order chi connectivity index (χ1) is 13.3. The number of halogens is 2. The molecule has 3 atom stereocenters. The average molecular weight is 392 g/mol. The number of aliphatic carboxylic acids is 1. The number of hydrogen-bond donors (Lipinski definition) is 2. The zero-order chi connectivity index (χ0) is 20.1.